The Morgan fingerprint density at radius 2 is 1.35 bits per heavy atom. The average molecular weight is 456 g/mol. The first-order valence-corrected chi connectivity index (χ1v) is 10.8. The van der Waals surface area contributed by atoms with Crippen molar-refractivity contribution >= 4 is 23.3 Å². The van der Waals surface area contributed by atoms with Crippen molar-refractivity contribution in [1.82, 2.24) is 24.5 Å². The number of hydrogen-bond donors (Lipinski definition) is 2. The van der Waals surface area contributed by atoms with E-state index in [-0.39, 0.29) is 23.4 Å². The topological polar surface area (TPSA) is 122 Å². The summed E-state index contributed by atoms with van der Waals surface area (Å²) in [7, 11) is 0. The van der Waals surface area contributed by atoms with Crippen LogP contribution in [0.25, 0.3) is 0 Å². The number of imidazole rings is 1. The van der Waals surface area contributed by atoms with E-state index < -0.39 is 0 Å². The van der Waals surface area contributed by atoms with Crippen LogP contribution >= 0.6 is 0 Å². The zero-order valence-corrected chi connectivity index (χ0v) is 19.2. The summed E-state index contributed by atoms with van der Waals surface area (Å²) in [6.07, 6.45) is 4.18. The number of aromatic nitrogens is 5. The predicted molar refractivity (Wildman–Crippen MR) is 130 cm³/mol. The molecule has 0 saturated carbocycles. The Morgan fingerprint density at radius 3 is 1.82 bits per heavy atom. The number of para-hydroxylation sites is 2. The van der Waals surface area contributed by atoms with Crippen molar-refractivity contribution < 1.29 is 10.2 Å². The van der Waals surface area contributed by atoms with Crippen LogP contribution in [-0.2, 0) is 13.0 Å². The van der Waals surface area contributed by atoms with E-state index in [2.05, 4.69) is 29.9 Å². The lowest BCUT2D eigenvalue weighted by Crippen LogP contribution is -2.07. The molecule has 0 atom stereocenters. The summed E-state index contributed by atoms with van der Waals surface area (Å²) in [6.45, 7) is 6.14. The molecular formula is C25H25N7O2. The fourth-order valence-corrected chi connectivity index (χ4v) is 3.45. The summed E-state index contributed by atoms with van der Waals surface area (Å²) in [6, 6.07) is 13.9. The molecule has 0 unspecified atom stereocenters. The van der Waals surface area contributed by atoms with Crippen LogP contribution in [0.3, 0.4) is 0 Å². The molecule has 9 heteroatoms. The second kappa shape index (κ2) is 10.0. The highest BCUT2D eigenvalue weighted by Gasteiger charge is 2.11. The van der Waals surface area contributed by atoms with Crippen LogP contribution < -0.4 is 0 Å². The van der Waals surface area contributed by atoms with E-state index in [1.54, 1.807) is 56.4 Å². The first-order chi connectivity index (χ1) is 16.4. The molecule has 4 aromatic rings. The quantitative estimate of drug-likeness (QED) is 0.401. The van der Waals surface area contributed by atoms with Crippen molar-refractivity contribution in [3.05, 3.63) is 83.7 Å². The molecule has 0 radical (unpaired) electrons. The molecule has 34 heavy (non-hydrogen) atoms. The van der Waals surface area contributed by atoms with Gasteiger partial charge in [0.05, 0.1) is 11.4 Å². The predicted octanol–water partition coefficient (Wildman–Crippen LogP) is 4.31. The van der Waals surface area contributed by atoms with Gasteiger partial charge in [0.1, 0.15) is 23.1 Å². The van der Waals surface area contributed by atoms with Crippen LogP contribution in [0.2, 0.25) is 0 Å². The summed E-state index contributed by atoms with van der Waals surface area (Å²) in [5.41, 5.74) is 2.31. The van der Waals surface area contributed by atoms with Gasteiger partial charge in [0.2, 0.25) is 0 Å². The standard InChI is InChI=1S/C25H25N7O2/c1-16(19-8-4-6-10-21(19)33)27-24-29-23(12-14-32-15-13-26-18(32)3)30-25(31-24)28-17(2)20-9-5-7-11-22(20)34/h4-11,13,15,33-34H,12,14H2,1-3H3. The smallest absolute Gasteiger partial charge is 0.254 e. The van der Waals surface area contributed by atoms with Gasteiger partial charge in [-0.25, -0.2) is 15.0 Å². The van der Waals surface area contributed by atoms with Gasteiger partial charge in [-0.15, -0.1) is 0 Å². The van der Waals surface area contributed by atoms with Gasteiger partial charge in [0.25, 0.3) is 11.9 Å². The lowest BCUT2D eigenvalue weighted by Gasteiger charge is -2.08. The number of benzene rings is 2. The maximum atomic E-state index is 10.2. The number of rotatable bonds is 7. The number of aryl methyl sites for hydroxylation is 3. The molecule has 0 saturated heterocycles. The molecule has 9 nitrogen and oxygen atoms in total. The highest BCUT2D eigenvalue weighted by molar-refractivity contribution is 6.02. The van der Waals surface area contributed by atoms with Gasteiger partial charge in [-0.3, -0.25) is 0 Å². The molecule has 4 rings (SSSR count). The Bertz CT molecular complexity index is 1300. The van der Waals surface area contributed by atoms with Crippen LogP contribution in [0.1, 0.15) is 36.6 Å². The number of aromatic hydroxyl groups is 2. The summed E-state index contributed by atoms with van der Waals surface area (Å²) in [5.74, 6) is 2.06. The molecule has 0 amide bonds. The van der Waals surface area contributed by atoms with Crippen LogP contribution in [0.15, 0.2) is 70.9 Å². The molecule has 0 bridgehead atoms. The maximum Gasteiger partial charge on any atom is 0.254 e. The van der Waals surface area contributed by atoms with Crippen molar-refractivity contribution in [3.8, 4) is 11.5 Å². The zero-order chi connectivity index (χ0) is 24.1. The summed E-state index contributed by atoms with van der Waals surface area (Å²) in [5, 5.41) is 20.3. The maximum absolute atomic E-state index is 10.2. The van der Waals surface area contributed by atoms with E-state index in [1.165, 1.54) is 0 Å². The Morgan fingerprint density at radius 1 is 0.824 bits per heavy atom. The molecule has 2 aromatic heterocycles. The van der Waals surface area contributed by atoms with Crippen molar-refractivity contribution in [2.75, 3.05) is 0 Å². The van der Waals surface area contributed by atoms with Crippen LogP contribution in [0.5, 0.6) is 11.5 Å². The SMILES string of the molecule is CC(=Nc1nc(CCn2ccnc2C)nc(N=C(C)c2ccccc2O)n1)c1ccccc1O. The summed E-state index contributed by atoms with van der Waals surface area (Å²) >= 11 is 0. The largest absolute Gasteiger partial charge is 0.507 e. The number of hydrogen-bond acceptors (Lipinski definition) is 8. The van der Waals surface area contributed by atoms with Gasteiger partial charge in [-0.2, -0.15) is 15.0 Å². The van der Waals surface area contributed by atoms with Gasteiger partial charge in [-0.05, 0) is 45.0 Å². The summed E-state index contributed by atoms with van der Waals surface area (Å²) < 4.78 is 2.01. The van der Waals surface area contributed by atoms with E-state index in [0.717, 1.165) is 5.82 Å². The van der Waals surface area contributed by atoms with Gasteiger partial charge >= 0.3 is 0 Å². The van der Waals surface area contributed by atoms with Crippen LogP contribution in [-0.4, -0.2) is 46.1 Å². The van der Waals surface area contributed by atoms with Crippen molar-refractivity contribution in [2.45, 2.75) is 33.7 Å². The second-order valence-corrected chi connectivity index (χ2v) is 7.70. The fourth-order valence-electron chi connectivity index (χ4n) is 3.45. The Kier molecular flexibility index (Phi) is 6.72. The van der Waals surface area contributed by atoms with E-state index in [9.17, 15) is 10.2 Å². The van der Waals surface area contributed by atoms with E-state index in [4.69, 9.17) is 0 Å². The minimum Gasteiger partial charge on any atom is -0.507 e. The van der Waals surface area contributed by atoms with E-state index >= 15 is 0 Å². The Labute approximate surface area is 197 Å². The minimum absolute atomic E-state index is 0.127. The Balaban J connectivity index is 1.72. The molecule has 0 spiro atoms. The van der Waals surface area contributed by atoms with Gasteiger partial charge in [-0.1, -0.05) is 24.3 Å². The lowest BCUT2D eigenvalue weighted by molar-refractivity contribution is 0.473. The highest BCUT2D eigenvalue weighted by atomic mass is 16.3. The van der Waals surface area contributed by atoms with E-state index in [1.807, 2.05) is 29.8 Å². The molecule has 0 aliphatic heterocycles. The second-order valence-electron chi connectivity index (χ2n) is 7.70. The normalized spacial score (nSPS) is 12.2. The van der Waals surface area contributed by atoms with Crippen molar-refractivity contribution in [3.63, 3.8) is 0 Å². The van der Waals surface area contributed by atoms with Gasteiger partial charge in [0, 0.05) is 36.5 Å². The minimum atomic E-state index is 0.127. The zero-order valence-electron chi connectivity index (χ0n) is 19.2. The highest BCUT2D eigenvalue weighted by Crippen LogP contribution is 2.22. The third-order valence-corrected chi connectivity index (χ3v) is 5.28. The molecule has 172 valence electrons. The third-order valence-electron chi connectivity index (χ3n) is 5.28. The summed E-state index contributed by atoms with van der Waals surface area (Å²) in [4.78, 5) is 26.7. The first-order valence-electron chi connectivity index (χ1n) is 10.8. The van der Waals surface area contributed by atoms with Crippen molar-refractivity contribution in [2.24, 2.45) is 9.98 Å². The van der Waals surface area contributed by atoms with Gasteiger partial charge < -0.3 is 14.8 Å². The number of phenols is 2. The molecule has 2 N–H and O–H groups in total. The third kappa shape index (κ3) is 5.32. The van der Waals surface area contributed by atoms with Crippen LogP contribution in [0.4, 0.5) is 11.9 Å². The lowest BCUT2D eigenvalue weighted by atomic mass is 10.1. The fraction of sp³-hybridized carbons (Fsp3) is 0.200. The van der Waals surface area contributed by atoms with Gasteiger partial charge in [0.15, 0.2) is 0 Å². The Hall–Kier alpha value is -4.40. The first kappa shape index (κ1) is 22.8. The monoisotopic (exact) mass is 455 g/mol. The molecule has 2 aromatic carbocycles. The molecule has 2 heterocycles. The number of nitrogens with zero attached hydrogens (tertiary/aromatic N) is 7. The van der Waals surface area contributed by atoms with Crippen molar-refractivity contribution in [1.29, 1.82) is 0 Å². The number of aliphatic imine (C=N–C) groups is 2. The number of phenolic OH excluding ortho intramolecular Hbond substituents is 2. The molecular weight excluding hydrogens is 430 g/mol. The van der Waals surface area contributed by atoms with Crippen LogP contribution in [0, 0.1) is 6.92 Å². The molecule has 0 fully saturated rings. The van der Waals surface area contributed by atoms with E-state index in [0.29, 0.717) is 41.3 Å². The average Bonchev–Trinajstić information content (AvgIpc) is 3.22. The molecule has 0 aliphatic rings. The molecule has 0 aliphatic carbocycles.